The fourth-order valence-corrected chi connectivity index (χ4v) is 2.49. The third kappa shape index (κ3) is 6.54. The Morgan fingerprint density at radius 3 is 2.30 bits per heavy atom. The average Bonchev–Trinajstić information content (AvgIpc) is 2.30. The van der Waals surface area contributed by atoms with Gasteiger partial charge in [-0.2, -0.15) is 0 Å². The van der Waals surface area contributed by atoms with Gasteiger partial charge >= 0.3 is 12.0 Å². The van der Waals surface area contributed by atoms with E-state index in [1.165, 1.54) is 0 Å². The Hall–Kier alpha value is -1.59. The van der Waals surface area contributed by atoms with Crippen LogP contribution in [0.5, 0.6) is 0 Å². The van der Waals surface area contributed by atoms with Crippen molar-refractivity contribution in [2.75, 3.05) is 0 Å². The minimum absolute atomic E-state index is 0.0431. The van der Waals surface area contributed by atoms with Crippen LogP contribution in [0.4, 0.5) is 4.79 Å². The van der Waals surface area contributed by atoms with Crippen molar-refractivity contribution in [1.29, 1.82) is 0 Å². The lowest BCUT2D eigenvalue weighted by molar-refractivity contribution is -0.138. The second kappa shape index (κ2) is 7.87. The number of carbonyl (C=O) groups is 3. The van der Waals surface area contributed by atoms with E-state index in [0.29, 0.717) is 5.92 Å². The molecule has 0 spiro atoms. The number of urea groups is 1. The first-order chi connectivity index (χ1) is 9.36. The molecule has 1 atom stereocenters. The second-order valence-corrected chi connectivity index (χ2v) is 5.89. The van der Waals surface area contributed by atoms with Crippen molar-refractivity contribution >= 4 is 17.9 Å². The molecule has 0 aliphatic heterocycles. The predicted molar refractivity (Wildman–Crippen MR) is 74.1 cm³/mol. The van der Waals surface area contributed by atoms with Crippen LogP contribution in [-0.2, 0) is 9.59 Å². The van der Waals surface area contributed by atoms with Gasteiger partial charge in [0.15, 0.2) is 0 Å². The molecule has 0 bridgehead atoms. The smallest absolute Gasteiger partial charge is 0.321 e. The molecule has 3 amide bonds. The third-order valence-corrected chi connectivity index (χ3v) is 3.66. The van der Waals surface area contributed by atoms with Gasteiger partial charge in [0, 0.05) is 18.9 Å². The normalized spacial score (nSPS) is 23.7. The number of hydrogen-bond donors (Lipinski definition) is 3. The molecule has 1 fully saturated rings. The van der Waals surface area contributed by atoms with Crippen LogP contribution in [0.1, 0.15) is 52.4 Å². The van der Waals surface area contributed by atoms with Gasteiger partial charge in [-0.1, -0.05) is 13.8 Å². The average molecular weight is 284 g/mol. The molecule has 1 aliphatic carbocycles. The molecule has 3 N–H and O–H groups in total. The van der Waals surface area contributed by atoms with Crippen LogP contribution in [-0.4, -0.2) is 29.1 Å². The molecule has 1 unspecified atom stereocenters. The minimum atomic E-state index is -0.939. The summed E-state index contributed by atoms with van der Waals surface area (Å²) in [6.07, 6.45) is 4.04. The zero-order valence-corrected chi connectivity index (χ0v) is 12.1. The number of rotatable bonds is 5. The molecule has 20 heavy (non-hydrogen) atoms. The summed E-state index contributed by atoms with van der Waals surface area (Å²) < 4.78 is 0. The van der Waals surface area contributed by atoms with Gasteiger partial charge in [0.2, 0.25) is 5.91 Å². The van der Waals surface area contributed by atoms with E-state index < -0.39 is 17.9 Å². The molecule has 1 saturated carbocycles. The maximum Gasteiger partial charge on any atom is 0.321 e. The van der Waals surface area contributed by atoms with Crippen molar-refractivity contribution in [3.8, 4) is 0 Å². The summed E-state index contributed by atoms with van der Waals surface area (Å²) in [6, 6.07) is -0.340. The van der Waals surface area contributed by atoms with Crippen LogP contribution in [0.3, 0.4) is 0 Å². The van der Waals surface area contributed by atoms with Crippen LogP contribution in [0.2, 0.25) is 0 Å². The number of amides is 3. The molecule has 6 heteroatoms. The molecule has 1 aliphatic rings. The fraction of sp³-hybridized carbons (Fsp3) is 0.786. The Morgan fingerprint density at radius 2 is 1.75 bits per heavy atom. The van der Waals surface area contributed by atoms with Crippen molar-refractivity contribution < 1.29 is 19.5 Å². The number of nitrogens with one attached hydrogen (secondary N) is 2. The summed E-state index contributed by atoms with van der Waals surface area (Å²) in [6.45, 7) is 3.87. The fourth-order valence-electron chi connectivity index (χ4n) is 2.49. The van der Waals surface area contributed by atoms with Crippen molar-refractivity contribution in [2.45, 2.75) is 58.4 Å². The SMILES string of the molecule is CC1CCC(NC(=O)NC(=O)CC(C)CC(=O)O)CC1. The first-order valence-electron chi connectivity index (χ1n) is 7.19. The third-order valence-electron chi connectivity index (χ3n) is 3.66. The molecule has 0 aromatic rings. The van der Waals surface area contributed by atoms with E-state index in [4.69, 9.17) is 5.11 Å². The number of carboxylic acids is 1. The molecule has 6 nitrogen and oxygen atoms in total. The summed E-state index contributed by atoms with van der Waals surface area (Å²) in [5.41, 5.74) is 0. The van der Waals surface area contributed by atoms with Crippen LogP contribution >= 0.6 is 0 Å². The van der Waals surface area contributed by atoms with E-state index >= 15 is 0 Å². The number of carbonyl (C=O) groups excluding carboxylic acids is 2. The van der Waals surface area contributed by atoms with Gasteiger partial charge in [0.25, 0.3) is 0 Å². The zero-order chi connectivity index (χ0) is 15.1. The Kier molecular flexibility index (Phi) is 6.48. The van der Waals surface area contributed by atoms with Crippen LogP contribution < -0.4 is 10.6 Å². The van der Waals surface area contributed by atoms with Crippen molar-refractivity contribution in [2.24, 2.45) is 11.8 Å². The molecule has 0 saturated heterocycles. The van der Waals surface area contributed by atoms with Crippen LogP contribution in [0.15, 0.2) is 0 Å². The van der Waals surface area contributed by atoms with E-state index in [1.807, 2.05) is 0 Å². The largest absolute Gasteiger partial charge is 0.481 e. The van der Waals surface area contributed by atoms with E-state index in [0.717, 1.165) is 25.7 Å². The maximum atomic E-state index is 11.6. The van der Waals surface area contributed by atoms with Crippen LogP contribution in [0, 0.1) is 11.8 Å². The summed E-state index contributed by atoms with van der Waals surface area (Å²) in [7, 11) is 0. The Bertz CT molecular complexity index is 362. The number of aliphatic carboxylic acids is 1. The highest BCUT2D eigenvalue weighted by atomic mass is 16.4. The first-order valence-corrected chi connectivity index (χ1v) is 7.19. The molecule has 0 heterocycles. The number of imide groups is 1. The quantitative estimate of drug-likeness (QED) is 0.718. The van der Waals surface area contributed by atoms with Gasteiger partial charge in [-0.3, -0.25) is 14.9 Å². The molecule has 0 radical (unpaired) electrons. The number of carboxylic acid groups (broad SMARTS) is 1. The molecular formula is C14H24N2O4. The van der Waals surface area contributed by atoms with Gasteiger partial charge in [0.1, 0.15) is 0 Å². The lowest BCUT2D eigenvalue weighted by Crippen LogP contribution is -2.45. The highest BCUT2D eigenvalue weighted by Crippen LogP contribution is 2.23. The maximum absolute atomic E-state index is 11.6. The topological polar surface area (TPSA) is 95.5 Å². The van der Waals surface area contributed by atoms with Gasteiger partial charge in [0.05, 0.1) is 0 Å². The molecule has 114 valence electrons. The zero-order valence-electron chi connectivity index (χ0n) is 12.1. The minimum Gasteiger partial charge on any atom is -0.481 e. The van der Waals surface area contributed by atoms with Gasteiger partial charge < -0.3 is 10.4 Å². The van der Waals surface area contributed by atoms with E-state index in [1.54, 1.807) is 6.92 Å². The van der Waals surface area contributed by atoms with Crippen LogP contribution in [0.25, 0.3) is 0 Å². The molecule has 1 rings (SSSR count). The van der Waals surface area contributed by atoms with Gasteiger partial charge in [-0.05, 0) is 37.5 Å². The lowest BCUT2D eigenvalue weighted by Gasteiger charge is -2.26. The standard InChI is InChI=1S/C14H24N2O4/c1-9-3-5-11(6-4-9)15-14(20)16-12(17)7-10(2)8-13(18)19/h9-11H,3-8H2,1-2H3,(H,18,19)(H2,15,16,17,20). The van der Waals surface area contributed by atoms with E-state index in [9.17, 15) is 14.4 Å². The summed E-state index contributed by atoms with van der Waals surface area (Å²) in [4.78, 5) is 33.7. The Morgan fingerprint density at radius 1 is 1.15 bits per heavy atom. The molecule has 0 aromatic heterocycles. The monoisotopic (exact) mass is 284 g/mol. The first kappa shape index (κ1) is 16.5. The summed E-state index contributed by atoms with van der Waals surface area (Å²) >= 11 is 0. The van der Waals surface area contributed by atoms with Gasteiger partial charge in [-0.25, -0.2) is 4.79 Å². The molecular weight excluding hydrogens is 260 g/mol. The highest BCUT2D eigenvalue weighted by Gasteiger charge is 2.21. The van der Waals surface area contributed by atoms with Gasteiger partial charge in [-0.15, -0.1) is 0 Å². The van der Waals surface area contributed by atoms with E-state index in [2.05, 4.69) is 17.6 Å². The Balaban J connectivity index is 2.24. The highest BCUT2D eigenvalue weighted by molar-refractivity contribution is 5.94. The van der Waals surface area contributed by atoms with Crippen molar-refractivity contribution in [3.05, 3.63) is 0 Å². The Labute approximate surface area is 119 Å². The summed E-state index contributed by atoms with van der Waals surface area (Å²) in [5, 5.41) is 13.7. The lowest BCUT2D eigenvalue weighted by atomic mass is 9.87. The van der Waals surface area contributed by atoms with E-state index in [-0.39, 0.29) is 24.8 Å². The van der Waals surface area contributed by atoms with Crippen molar-refractivity contribution in [3.63, 3.8) is 0 Å². The van der Waals surface area contributed by atoms with Crippen molar-refractivity contribution in [1.82, 2.24) is 10.6 Å². The second-order valence-electron chi connectivity index (χ2n) is 5.89. The summed E-state index contributed by atoms with van der Waals surface area (Å²) in [5.74, 6) is -0.947. The molecule has 0 aromatic carbocycles. The number of hydrogen-bond acceptors (Lipinski definition) is 3. The predicted octanol–water partition coefficient (Wildman–Crippen LogP) is 1.89.